The van der Waals surface area contributed by atoms with Crippen LogP contribution in [-0.4, -0.2) is 19.7 Å². The molecular weight excluding hydrogens is 334 g/mol. The zero-order valence-electron chi connectivity index (χ0n) is 14.2. The van der Waals surface area contributed by atoms with Crippen molar-refractivity contribution in [3.8, 4) is 11.3 Å². The molecule has 2 aliphatic rings. The fourth-order valence-corrected chi connectivity index (χ4v) is 4.12. The predicted molar refractivity (Wildman–Crippen MR) is 98.5 cm³/mol. The molecule has 2 heterocycles. The van der Waals surface area contributed by atoms with E-state index in [0.717, 1.165) is 29.8 Å². The number of sulfone groups is 1. The molecule has 0 bridgehead atoms. The first-order valence-electron chi connectivity index (χ1n) is 8.18. The molecule has 0 spiro atoms. The second kappa shape index (κ2) is 5.77. The third-order valence-corrected chi connectivity index (χ3v) is 5.82. The van der Waals surface area contributed by atoms with Crippen molar-refractivity contribution in [3.05, 3.63) is 71.3 Å². The van der Waals surface area contributed by atoms with Crippen LogP contribution in [0.15, 0.2) is 65.0 Å². The Morgan fingerprint density at radius 3 is 2.60 bits per heavy atom. The molecule has 1 aromatic heterocycles. The highest BCUT2D eigenvalue weighted by atomic mass is 32.2. The Bertz CT molecular complexity index is 1040. The van der Waals surface area contributed by atoms with Gasteiger partial charge in [-0.3, -0.25) is 0 Å². The largest absolute Gasteiger partial charge is 0.472 e. The van der Waals surface area contributed by atoms with E-state index in [-0.39, 0.29) is 0 Å². The van der Waals surface area contributed by atoms with E-state index in [0.29, 0.717) is 4.90 Å². The average Bonchev–Trinajstić information content (AvgIpc) is 3.17. The number of allylic oxidation sites excluding steroid dienone is 4. The van der Waals surface area contributed by atoms with Crippen molar-refractivity contribution in [1.29, 1.82) is 0 Å². The van der Waals surface area contributed by atoms with Gasteiger partial charge in [-0.15, -0.1) is 0 Å². The van der Waals surface area contributed by atoms with E-state index in [1.165, 1.54) is 28.5 Å². The number of rotatable bonds is 3. The van der Waals surface area contributed by atoms with Gasteiger partial charge in [-0.2, -0.15) is 0 Å². The molecule has 25 heavy (non-hydrogen) atoms. The molecule has 0 amide bonds. The molecule has 2 aromatic rings. The van der Waals surface area contributed by atoms with Gasteiger partial charge in [0.1, 0.15) is 0 Å². The number of aromatic amines is 1. The van der Waals surface area contributed by atoms with Crippen LogP contribution in [0.2, 0.25) is 0 Å². The second-order valence-electron chi connectivity index (χ2n) is 6.51. The van der Waals surface area contributed by atoms with Crippen molar-refractivity contribution in [2.45, 2.75) is 24.7 Å². The minimum absolute atomic E-state index is 0.335. The van der Waals surface area contributed by atoms with Crippen LogP contribution in [0.25, 0.3) is 16.8 Å². The molecule has 0 unspecified atom stereocenters. The van der Waals surface area contributed by atoms with E-state index >= 15 is 0 Å². The lowest BCUT2D eigenvalue weighted by atomic mass is 9.98. The zero-order valence-corrected chi connectivity index (χ0v) is 15.0. The van der Waals surface area contributed by atoms with Crippen molar-refractivity contribution >= 4 is 15.4 Å². The van der Waals surface area contributed by atoms with Gasteiger partial charge >= 0.3 is 0 Å². The molecule has 4 nitrogen and oxygen atoms in total. The molecule has 0 fully saturated rings. The first kappa shape index (κ1) is 16.0. The number of fused-ring (bicyclic) bond motifs is 1. The number of H-pyrrole nitrogens is 1. The summed E-state index contributed by atoms with van der Waals surface area (Å²) in [6.07, 6.45) is 8.73. The number of ether oxygens (including phenoxy) is 1. The number of aromatic nitrogens is 1. The number of aryl methyl sites for hydroxylation is 1. The minimum atomic E-state index is -3.19. The molecule has 0 saturated carbocycles. The van der Waals surface area contributed by atoms with Crippen LogP contribution >= 0.6 is 0 Å². The van der Waals surface area contributed by atoms with Gasteiger partial charge < -0.3 is 9.72 Å². The van der Waals surface area contributed by atoms with E-state index in [1.54, 1.807) is 18.4 Å². The van der Waals surface area contributed by atoms with E-state index in [9.17, 15) is 8.42 Å². The molecule has 1 aromatic carbocycles. The first-order chi connectivity index (χ1) is 11.9. The maximum absolute atomic E-state index is 11.7. The lowest BCUT2D eigenvalue weighted by Crippen LogP contribution is -1.96. The molecule has 128 valence electrons. The Morgan fingerprint density at radius 2 is 1.88 bits per heavy atom. The smallest absolute Gasteiger partial charge is 0.175 e. The summed E-state index contributed by atoms with van der Waals surface area (Å²) in [5.41, 5.74) is 8.04. The maximum Gasteiger partial charge on any atom is 0.175 e. The molecule has 1 aliphatic heterocycles. The molecule has 0 atom stereocenters. The van der Waals surface area contributed by atoms with Gasteiger partial charge in [0.25, 0.3) is 0 Å². The monoisotopic (exact) mass is 353 g/mol. The molecule has 0 saturated heterocycles. The highest BCUT2D eigenvalue weighted by molar-refractivity contribution is 7.90. The van der Waals surface area contributed by atoms with Gasteiger partial charge in [-0.1, -0.05) is 12.1 Å². The third-order valence-electron chi connectivity index (χ3n) is 4.69. The SMILES string of the molecule is Cc1cc(C2=C3C=COC=C3CC2)c(-c2ccc(S(C)(=O)=O)cc2)[nH]1. The number of hydrogen-bond donors (Lipinski definition) is 1. The Labute approximate surface area is 147 Å². The Balaban J connectivity index is 1.82. The van der Waals surface area contributed by atoms with Crippen molar-refractivity contribution in [3.63, 3.8) is 0 Å². The summed E-state index contributed by atoms with van der Waals surface area (Å²) in [4.78, 5) is 3.77. The molecule has 1 N–H and O–H groups in total. The average molecular weight is 353 g/mol. The van der Waals surface area contributed by atoms with Crippen LogP contribution in [0, 0.1) is 6.92 Å². The topological polar surface area (TPSA) is 59.2 Å². The van der Waals surface area contributed by atoms with Crippen molar-refractivity contribution in [2.24, 2.45) is 0 Å². The highest BCUT2D eigenvalue weighted by Crippen LogP contribution is 2.43. The normalized spacial score (nSPS) is 16.6. The molecule has 5 heteroatoms. The highest BCUT2D eigenvalue weighted by Gasteiger charge is 2.24. The van der Waals surface area contributed by atoms with E-state index in [4.69, 9.17) is 4.74 Å². The van der Waals surface area contributed by atoms with Gasteiger partial charge in [0.2, 0.25) is 0 Å². The van der Waals surface area contributed by atoms with Gasteiger partial charge in [0.05, 0.1) is 23.1 Å². The van der Waals surface area contributed by atoms with Crippen LogP contribution in [0.1, 0.15) is 24.1 Å². The van der Waals surface area contributed by atoms with E-state index < -0.39 is 9.84 Å². The van der Waals surface area contributed by atoms with Crippen molar-refractivity contribution < 1.29 is 13.2 Å². The lowest BCUT2D eigenvalue weighted by Gasteiger charge is -2.10. The predicted octanol–water partition coefficient (Wildman–Crippen LogP) is 4.37. The summed E-state index contributed by atoms with van der Waals surface area (Å²) in [5.74, 6) is 0. The maximum atomic E-state index is 11.7. The Hall–Kier alpha value is -2.53. The van der Waals surface area contributed by atoms with Gasteiger partial charge in [0, 0.05) is 17.5 Å². The zero-order chi connectivity index (χ0) is 17.6. The van der Waals surface area contributed by atoms with E-state index in [1.807, 2.05) is 31.4 Å². The summed E-state index contributed by atoms with van der Waals surface area (Å²) in [5, 5.41) is 0. The number of nitrogens with one attached hydrogen (secondary N) is 1. The number of hydrogen-bond acceptors (Lipinski definition) is 3. The Kier molecular flexibility index (Phi) is 3.69. The minimum Gasteiger partial charge on any atom is -0.472 e. The van der Waals surface area contributed by atoms with E-state index in [2.05, 4.69) is 11.1 Å². The molecular formula is C20H19NO3S. The van der Waals surface area contributed by atoms with Gasteiger partial charge in [-0.05, 0) is 66.3 Å². The van der Waals surface area contributed by atoms with Crippen molar-refractivity contribution in [2.75, 3.05) is 6.26 Å². The molecule has 4 rings (SSSR count). The van der Waals surface area contributed by atoms with Crippen molar-refractivity contribution in [1.82, 2.24) is 4.98 Å². The van der Waals surface area contributed by atoms with Crippen LogP contribution in [0.4, 0.5) is 0 Å². The van der Waals surface area contributed by atoms with Crippen LogP contribution in [0.3, 0.4) is 0 Å². The standard InChI is InChI=1S/C20H19NO3S/c1-13-11-19(18-8-5-15-12-24-10-9-17(15)18)20(21-13)14-3-6-16(7-4-14)25(2,22)23/h3-4,6-7,9-12,21H,5,8H2,1-2H3. The molecule has 0 radical (unpaired) electrons. The number of benzene rings is 1. The molecule has 1 aliphatic carbocycles. The third kappa shape index (κ3) is 2.85. The first-order valence-corrected chi connectivity index (χ1v) is 10.1. The summed E-state index contributed by atoms with van der Waals surface area (Å²) >= 11 is 0. The van der Waals surface area contributed by atoms with Gasteiger partial charge in [-0.25, -0.2) is 8.42 Å². The second-order valence-corrected chi connectivity index (χ2v) is 8.53. The van der Waals surface area contributed by atoms with Crippen LogP contribution in [-0.2, 0) is 14.6 Å². The van der Waals surface area contributed by atoms with Crippen LogP contribution < -0.4 is 0 Å². The Morgan fingerprint density at radius 1 is 1.12 bits per heavy atom. The quantitative estimate of drug-likeness (QED) is 0.891. The van der Waals surface area contributed by atoms with Crippen LogP contribution in [0.5, 0.6) is 0 Å². The fourth-order valence-electron chi connectivity index (χ4n) is 3.49. The summed E-state index contributed by atoms with van der Waals surface area (Å²) < 4.78 is 28.6. The summed E-state index contributed by atoms with van der Waals surface area (Å²) in [7, 11) is -3.19. The fraction of sp³-hybridized carbons (Fsp3) is 0.200. The summed E-state index contributed by atoms with van der Waals surface area (Å²) in [6.45, 7) is 2.04. The summed E-state index contributed by atoms with van der Waals surface area (Å²) in [6, 6.07) is 9.21. The van der Waals surface area contributed by atoms with Gasteiger partial charge in [0.15, 0.2) is 9.84 Å². The lowest BCUT2D eigenvalue weighted by molar-refractivity contribution is 0.393.